The Kier molecular flexibility index (Phi) is 7.29. The Morgan fingerprint density at radius 1 is 1.12 bits per heavy atom. The number of rotatable bonds is 6. The van der Waals surface area contributed by atoms with Crippen molar-refractivity contribution in [3.63, 3.8) is 0 Å². The van der Waals surface area contributed by atoms with Gasteiger partial charge in [0.25, 0.3) is 10.1 Å². The Hall–Kier alpha value is -1.76. The fourth-order valence-corrected chi connectivity index (χ4v) is 3.00. The van der Waals surface area contributed by atoms with Crippen LogP contribution in [0, 0.1) is 0 Å². The summed E-state index contributed by atoms with van der Waals surface area (Å²) in [5, 5.41) is 14.8. The molecule has 0 aromatic heterocycles. The van der Waals surface area contributed by atoms with Crippen molar-refractivity contribution in [1.82, 2.24) is 10.6 Å². The van der Waals surface area contributed by atoms with Crippen LogP contribution in [0.3, 0.4) is 0 Å². The van der Waals surface area contributed by atoms with Gasteiger partial charge in [0.1, 0.15) is 18.2 Å². The average Bonchev–Trinajstić information content (AvgIpc) is 2.41. The first-order valence-electron chi connectivity index (χ1n) is 7.31. The highest BCUT2D eigenvalue weighted by atomic mass is 32.2. The first-order chi connectivity index (χ1) is 11.4. The van der Waals surface area contributed by atoms with Gasteiger partial charge in [0.15, 0.2) is 12.4 Å². The van der Waals surface area contributed by atoms with E-state index in [1.54, 1.807) is 0 Å². The van der Waals surface area contributed by atoms with Crippen LogP contribution in [0.1, 0.15) is 20.8 Å². The Labute approximate surface area is 145 Å². The summed E-state index contributed by atoms with van der Waals surface area (Å²) >= 11 is 0. The molecule has 11 nitrogen and oxygen atoms in total. The van der Waals surface area contributed by atoms with Crippen molar-refractivity contribution in [3.05, 3.63) is 0 Å². The van der Waals surface area contributed by atoms with Crippen LogP contribution in [0.2, 0.25) is 0 Å². The molecule has 1 fully saturated rings. The van der Waals surface area contributed by atoms with Crippen LogP contribution in [0.25, 0.3) is 0 Å². The van der Waals surface area contributed by atoms with E-state index < -0.39 is 58.5 Å². The summed E-state index contributed by atoms with van der Waals surface area (Å²) in [5.74, 6) is -1.76. The third-order valence-corrected chi connectivity index (χ3v) is 3.75. The maximum absolute atomic E-state index is 11.6. The lowest BCUT2D eigenvalue weighted by atomic mass is 9.96. The largest absolute Gasteiger partial charge is 0.457 e. The zero-order chi connectivity index (χ0) is 19.4. The molecule has 0 unspecified atom stereocenters. The van der Waals surface area contributed by atoms with Gasteiger partial charge in [-0.1, -0.05) is 0 Å². The molecule has 1 heterocycles. The van der Waals surface area contributed by atoms with Crippen LogP contribution < -0.4 is 10.6 Å². The van der Waals surface area contributed by atoms with Gasteiger partial charge in [-0.15, -0.1) is 0 Å². The van der Waals surface area contributed by atoms with Crippen molar-refractivity contribution in [2.75, 3.05) is 12.8 Å². The minimum absolute atomic E-state index is 0.180. The number of esters is 1. The molecule has 0 aliphatic carbocycles. The summed E-state index contributed by atoms with van der Waals surface area (Å²) < 4.78 is 38.5. The lowest BCUT2D eigenvalue weighted by molar-refractivity contribution is -0.246. The zero-order valence-electron chi connectivity index (χ0n) is 14.2. The minimum atomic E-state index is -4.04. The van der Waals surface area contributed by atoms with E-state index in [9.17, 15) is 27.9 Å². The molecule has 1 aliphatic heterocycles. The lowest BCUT2D eigenvalue weighted by Gasteiger charge is -2.43. The Morgan fingerprint density at radius 2 is 1.72 bits per heavy atom. The van der Waals surface area contributed by atoms with Gasteiger partial charge in [-0.3, -0.25) is 18.6 Å². The SMILES string of the molecule is CC(=O)NC[C@@H]1O[C@@H](O)[C@@H](NC(C)=O)[C@@H](OS(C)(=O)=O)[C@@H]1OC(C)=O. The highest BCUT2D eigenvalue weighted by molar-refractivity contribution is 7.86. The molecule has 5 atom stereocenters. The number of nitrogens with one attached hydrogen (secondary N) is 2. The van der Waals surface area contributed by atoms with Gasteiger partial charge in [-0.05, 0) is 0 Å². The van der Waals surface area contributed by atoms with Crippen molar-refractivity contribution >= 4 is 27.9 Å². The Bertz CT molecular complexity index is 621. The van der Waals surface area contributed by atoms with E-state index in [1.807, 2.05) is 0 Å². The molecule has 0 bridgehead atoms. The molecule has 1 aliphatic rings. The fraction of sp³-hybridized carbons (Fsp3) is 0.769. The molecule has 0 radical (unpaired) electrons. The summed E-state index contributed by atoms with van der Waals surface area (Å²) in [4.78, 5) is 33.8. The number of hydrogen-bond donors (Lipinski definition) is 3. The summed E-state index contributed by atoms with van der Waals surface area (Å²) in [6, 6.07) is -1.31. The number of aliphatic hydroxyl groups excluding tert-OH is 1. The van der Waals surface area contributed by atoms with Gasteiger partial charge in [-0.25, -0.2) is 0 Å². The highest BCUT2D eigenvalue weighted by Crippen LogP contribution is 2.26. The third-order valence-electron chi connectivity index (χ3n) is 3.18. The van der Waals surface area contributed by atoms with Gasteiger partial charge < -0.3 is 25.2 Å². The van der Waals surface area contributed by atoms with Crippen LogP contribution in [0.15, 0.2) is 0 Å². The van der Waals surface area contributed by atoms with Crippen molar-refractivity contribution in [3.8, 4) is 0 Å². The second kappa shape index (κ2) is 8.56. The van der Waals surface area contributed by atoms with Crippen molar-refractivity contribution in [2.24, 2.45) is 0 Å². The molecule has 0 saturated carbocycles. The van der Waals surface area contributed by atoms with Gasteiger partial charge >= 0.3 is 5.97 Å². The third kappa shape index (κ3) is 6.94. The van der Waals surface area contributed by atoms with Crippen LogP contribution in [0.5, 0.6) is 0 Å². The number of amides is 2. The Morgan fingerprint density at radius 3 is 2.16 bits per heavy atom. The summed E-state index contributed by atoms with van der Waals surface area (Å²) in [6.45, 7) is 3.30. The maximum Gasteiger partial charge on any atom is 0.303 e. The first-order valence-corrected chi connectivity index (χ1v) is 9.13. The van der Waals surface area contributed by atoms with Crippen molar-refractivity contribution < 1.29 is 41.6 Å². The van der Waals surface area contributed by atoms with Gasteiger partial charge in [0.2, 0.25) is 11.8 Å². The molecule has 0 spiro atoms. The van der Waals surface area contributed by atoms with Gasteiger partial charge in [-0.2, -0.15) is 8.42 Å². The normalized spacial score (nSPS) is 29.6. The number of hydrogen-bond acceptors (Lipinski definition) is 9. The number of carbonyl (C=O) groups is 3. The van der Waals surface area contributed by atoms with E-state index in [4.69, 9.17) is 13.7 Å². The van der Waals surface area contributed by atoms with E-state index in [0.717, 1.165) is 20.1 Å². The highest BCUT2D eigenvalue weighted by Gasteiger charge is 2.50. The molecule has 2 amide bonds. The molecular formula is C13H22N2O9S. The van der Waals surface area contributed by atoms with E-state index in [0.29, 0.717) is 0 Å². The standard InChI is InChI=1S/C13H22N2O9S/c1-6(16)14-5-9-11(22-8(3)18)12(24-25(4,20)21)10(13(19)23-9)15-7(2)17/h9-13,19H,5H2,1-4H3,(H,14,16)(H,15,17)/t9-,10-,11+,12+,13+/m0/s1. The van der Waals surface area contributed by atoms with Gasteiger partial charge in [0.05, 0.1) is 6.26 Å². The predicted molar refractivity (Wildman–Crippen MR) is 82.4 cm³/mol. The lowest BCUT2D eigenvalue weighted by Crippen LogP contribution is -2.66. The monoisotopic (exact) mass is 382 g/mol. The molecule has 25 heavy (non-hydrogen) atoms. The van der Waals surface area contributed by atoms with Crippen molar-refractivity contribution in [2.45, 2.75) is 51.4 Å². The molecule has 0 aromatic carbocycles. The predicted octanol–water partition coefficient (Wildman–Crippen LogP) is -2.38. The molecule has 1 saturated heterocycles. The fourth-order valence-electron chi connectivity index (χ4n) is 2.37. The summed E-state index contributed by atoms with van der Waals surface area (Å²) in [5.41, 5.74) is 0. The number of aliphatic hydroxyl groups is 1. The van der Waals surface area contributed by atoms with E-state index >= 15 is 0 Å². The molecule has 1 rings (SSSR count). The zero-order valence-corrected chi connectivity index (χ0v) is 15.0. The molecule has 3 N–H and O–H groups in total. The van der Waals surface area contributed by atoms with Crippen LogP contribution >= 0.6 is 0 Å². The first kappa shape index (κ1) is 21.3. The average molecular weight is 382 g/mol. The van der Waals surface area contributed by atoms with E-state index in [2.05, 4.69) is 10.6 Å². The molecule has 12 heteroatoms. The smallest absolute Gasteiger partial charge is 0.303 e. The van der Waals surface area contributed by atoms with Crippen LogP contribution in [-0.4, -0.2) is 74.8 Å². The maximum atomic E-state index is 11.6. The second-order valence-electron chi connectivity index (χ2n) is 5.57. The van der Waals surface area contributed by atoms with Gasteiger partial charge in [0, 0.05) is 27.3 Å². The van der Waals surface area contributed by atoms with Crippen LogP contribution in [0.4, 0.5) is 0 Å². The molecule has 144 valence electrons. The Balaban J connectivity index is 3.20. The summed E-state index contributed by atoms with van der Waals surface area (Å²) in [6.07, 6.45) is -4.74. The number of carbonyl (C=O) groups excluding carboxylic acids is 3. The summed E-state index contributed by atoms with van der Waals surface area (Å²) in [7, 11) is -4.04. The second-order valence-corrected chi connectivity index (χ2v) is 7.17. The number of ether oxygens (including phenoxy) is 2. The van der Waals surface area contributed by atoms with Crippen LogP contribution in [-0.2, 0) is 38.2 Å². The topological polar surface area (TPSA) is 157 Å². The molecule has 0 aromatic rings. The minimum Gasteiger partial charge on any atom is -0.457 e. The quantitative estimate of drug-likeness (QED) is 0.337. The molecular weight excluding hydrogens is 360 g/mol. The van der Waals surface area contributed by atoms with E-state index in [-0.39, 0.29) is 6.54 Å². The van der Waals surface area contributed by atoms with Crippen molar-refractivity contribution in [1.29, 1.82) is 0 Å². The van der Waals surface area contributed by atoms with E-state index in [1.165, 1.54) is 6.92 Å².